The second-order valence-corrected chi connectivity index (χ2v) is 19.5. The van der Waals surface area contributed by atoms with Crippen molar-refractivity contribution >= 4 is 6.48 Å². The number of halogens is 2. The van der Waals surface area contributed by atoms with Crippen molar-refractivity contribution in [3.63, 3.8) is 0 Å². The summed E-state index contributed by atoms with van der Waals surface area (Å²) in [5.41, 5.74) is 13.2. The maximum absolute atomic E-state index is 2.71. The van der Waals surface area contributed by atoms with Gasteiger partial charge in [-0.1, -0.05) is 0 Å². The van der Waals surface area contributed by atoms with Crippen LogP contribution in [-0.4, -0.2) is 3.21 Å². The van der Waals surface area contributed by atoms with Gasteiger partial charge in [-0.25, -0.2) is 0 Å². The van der Waals surface area contributed by atoms with Gasteiger partial charge in [0.25, 0.3) is 0 Å². The summed E-state index contributed by atoms with van der Waals surface area (Å²) >= 11 is -2.10. The quantitative estimate of drug-likeness (QED) is 0.417. The Labute approximate surface area is 251 Å². The molecular formula is C35H44Cl2Zr. The van der Waals surface area contributed by atoms with Crippen LogP contribution in [0.15, 0.2) is 39.7 Å². The summed E-state index contributed by atoms with van der Waals surface area (Å²) in [7, 11) is 0. The smallest absolute Gasteiger partial charge is 1.00 e. The molecule has 0 radical (unpaired) electrons. The molecule has 3 heteroatoms. The van der Waals surface area contributed by atoms with Crippen molar-refractivity contribution in [3.8, 4) is 11.1 Å². The number of fused-ring (bicyclic) bond motifs is 3. The average Bonchev–Trinajstić information content (AvgIpc) is 3.53. The Balaban J connectivity index is 0.00000168. The van der Waals surface area contributed by atoms with Gasteiger partial charge in [0.1, 0.15) is 0 Å². The van der Waals surface area contributed by atoms with Crippen molar-refractivity contribution < 1.29 is 46.1 Å². The van der Waals surface area contributed by atoms with Gasteiger partial charge in [0.05, 0.1) is 0 Å². The summed E-state index contributed by atoms with van der Waals surface area (Å²) in [4.78, 5) is 0. The van der Waals surface area contributed by atoms with Crippen molar-refractivity contribution in [1.29, 1.82) is 0 Å². The van der Waals surface area contributed by atoms with Gasteiger partial charge in [-0.15, -0.1) is 0 Å². The molecule has 2 aromatic rings. The SMILES string of the molecule is C[C](C)=[Zr+2]([C]1=CC=CC1)[c]1c(C)c(C2CCCCC2)cc2c1Cc1cc(C)c(C3CCCCC3)cc1-2.[Cl-].[Cl-]. The molecular weight excluding hydrogens is 583 g/mol. The molecule has 0 nitrogen and oxygen atoms in total. The molecule has 4 aliphatic carbocycles. The molecule has 0 atom stereocenters. The standard InChI is InChI=1S/C27H33.C5H5.C3H6.2ClH.Zr/c1-18-13-22-15-23-14-19(2)25(21-11-7-4-8-12-21)17-27(23)26(22)16-24(18)20-9-5-3-6-10-20;1-2-4-5-3-1;1-3-2;;;/h13,16-17,20-21H,3-12,15H2,1-2H3;1-3H,4H2;1-2H3;2*1H;/q;;;;;+2/p-2. The average molecular weight is 627 g/mol. The Morgan fingerprint density at radius 3 is 1.95 bits per heavy atom. The molecule has 0 aliphatic heterocycles. The zero-order chi connectivity index (χ0) is 24.8. The minimum atomic E-state index is -2.10. The summed E-state index contributed by atoms with van der Waals surface area (Å²) < 4.78 is 5.39. The molecule has 6 rings (SSSR count). The number of rotatable bonds is 4. The first-order valence-electron chi connectivity index (χ1n) is 14.9. The molecule has 202 valence electrons. The van der Waals surface area contributed by atoms with Gasteiger partial charge < -0.3 is 24.8 Å². The second-order valence-electron chi connectivity index (χ2n) is 12.4. The predicted octanol–water partition coefficient (Wildman–Crippen LogP) is 3.28. The molecule has 0 spiro atoms. The fourth-order valence-corrected chi connectivity index (χ4v) is 15.6. The van der Waals surface area contributed by atoms with Gasteiger partial charge in [0, 0.05) is 0 Å². The van der Waals surface area contributed by atoms with Crippen LogP contribution in [0.5, 0.6) is 0 Å². The van der Waals surface area contributed by atoms with Crippen LogP contribution in [0.3, 0.4) is 0 Å². The van der Waals surface area contributed by atoms with Crippen molar-refractivity contribution in [3.05, 3.63) is 73.1 Å². The number of hydrogen-bond donors (Lipinski definition) is 0. The van der Waals surface area contributed by atoms with Crippen LogP contribution >= 0.6 is 0 Å². The maximum atomic E-state index is 2.71. The summed E-state index contributed by atoms with van der Waals surface area (Å²) in [6.07, 6.45) is 23.7. The third-order valence-electron chi connectivity index (χ3n) is 9.82. The van der Waals surface area contributed by atoms with Crippen LogP contribution in [0, 0.1) is 13.8 Å². The second kappa shape index (κ2) is 12.8. The van der Waals surface area contributed by atoms with E-state index in [2.05, 4.69) is 64.1 Å². The largest absolute Gasteiger partial charge is 1.00 e. The van der Waals surface area contributed by atoms with Gasteiger partial charge in [-0.05, 0) is 0 Å². The molecule has 2 aromatic carbocycles. The van der Waals surface area contributed by atoms with E-state index in [1.54, 1.807) is 51.0 Å². The van der Waals surface area contributed by atoms with Crippen molar-refractivity contribution in [2.45, 2.75) is 117 Å². The van der Waals surface area contributed by atoms with Gasteiger partial charge in [0.2, 0.25) is 0 Å². The topological polar surface area (TPSA) is 0 Å². The Hall–Kier alpha value is -0.747. The first-order valence-corrected chi connectivity index (χ1v) is 18.6. The van der Waals surface area contributed by atoms with E-state index in [1.807, 2.05) is 3.27 Å². The molecule has 0 heterocycles. The number of aryl methyl sites for hydroxylation is 1. The Bertz CT molecular complexity index is 1280. The fourth-order valence-electron chi connectivity index (χ4n) is 8.05. The molecule has 0 bridgehead atoms. The van der Waals surface area contributed by atoms with Crippen molar-refractivity contribution in [2.75, 3.05) is 0 Å². The molecule has 0 aromatic heterocycles. The molecule has 38 heavy (non-hydrogen) atoms. The minimum Gasteiger partial charge on any atom is -1.00 e. The zero-order valence-corrected chi connectivity index (χ0v) is 27.8. The molecule has 2 fully saturated rings. The molecule has 0 saturated heterocycles. The fraction of sp³-hybridized carbons (Fsp3) is 0.514. The van der Waals surface area contributed by atoms with Crippen LogP contribution in [0.4, 0.5) is 0 Å². The molecule has 0 N–H and O–H groups in total. The predicted molar refractivity (Wildman–Crippen MR) is 154 cm³/mol. The minimum absolute atomic E-state index is 0. The van der Waals surface area contributed by atoms with Crippen LogP contribution in [-0.2, 0) is 27.7 Å². The van der Waals surface area contributed by atoms with Gasteiger partial charge in [0.15, 0.2) is 0 Å². The number of allylic oxidation sites excluding steroid dienone is 4. The Kier molecular flexibility index (Phi) is 10.2. The van der Waals surface area contributed by atoms with E-state index in [-0.39, 0.29) is 24.8 Å². The number of hydrogen-bond acceptors (Lipinski definition) is 0. The van der Waals surface area contributed by atoms with E-state index < -0.39 is 21.3 Å². The third-order valence-corrected chi connectivity index (χ3v) is 17.7. The first-order chi connectivity index (χ1) is 17.5. The van der Waals surface area contributed by atoms with E-state index in [0.717, 1.165) is 18.3 Å². The Morgan fingerprint density at radius 2 is 1.37 bits per heavy atom. The van der Waals surface area contributed by atoms with E-state index in [0.29, 0.717) is 0 Å². The zero-order valence-electron chi connectivity index (χ0n) is 23.9. The van der Waals surface area contributed by atoms with Crippen molar-refractivity contribution in [2.24, 2.45) is 0 Å². The van der Waals surface area contributed by atoms with E-state index in [4.69, 9.17) is 0 Å². The monoisotopic (exact) mass is 624 g/mol. The van der Waals surface area contributed by atoms with Crippen LogP contribution in [0.1, 0.15) is 130 Å². The van der Waals surface area contributed by atoms with E-state index in [9.17, 15) is 0 Å². The van der Waals surface area contributed by atoms with Gasteiger partial charge in [-0.3, -0.25) is 0 Å². The van der Waals surface area contributed by atoms with Gasteiger partial charge in [-0.2, -0.15) is 0 Å². The van der Waals surface area contributed by atoms with Crippen molar-refractivity contribution in [1.82, 2.24) is 0 Å². The van der Waals surface area contributed by atoms with Crippen LogP contribution in [0.25, 0.3) is 11.1 Å². The normalized spacial score (nSPS) is 18.6. The third kappa shape index (κ3) is 5.56. The first kappa shape index (κ1) is 30.2. The summed E-state index contributed by atoms with van der Waals surface area (Å²) in [5.74, 6) is 1.55. The van der Waals surface area contributed by atoms with E-state index in [1.165, 1.54) is 70.6 Å². The molecule has 0 amide bonds. The van der Waals surface area contributed by atoms with Crippen LogP contribution in [0.2, 0.25) is 0 Å². The summed E-state index contributed by atoms with van der Waals surface area (Å²) in [6.45, 7) is 9.83. The Morgan fingerprint density at radius 1 is 0.763 bits per heavy atom. The van der Waals surface area contributed by atoms with Crippen LogP contribution < -0.4 is 28.1 Å². The molecule has 2 saturated carbocycles. The summed E-state index contributed by atoms with van der Waals surface area (Å²) in [5, 5.41) is 0. The maximum Gasteiger partial charge on any atom is -1.00 e. The van der Waals surface area contributed by atoms with Gasteiger partial charge >= 0.3 is 229 Å². The molecule has 4 aliphatic rings. The number of benzene rings is 2. The van der Waals surface area contributed by atoms with E-state index >= 15 is 0 Å². The molecule has 0 unspecified atom stereocenters. The summed E-state index contributed by atoms with van der Waals surface area (Å²) in [6, 6.07) is 7.99.